The number of carbonyl (C=O) groups excluding carboxylic acids is 1. The second-order valence-corrected chi connectivity index (χ2v) is 6.47. The van der Waals surface area contributed by atoms with Crippen LogP contribution in [0.5, 0.6) is 0 Å². The Hall–Kier alpha value is -1.09. The fourth-order valence-corrected chi connectivity index (χ4v) is 2.93. The minimum Gasteiger partial charge on any atom is -0.465 e. The maximum atomic E-state index is 12.1. The Morgan fingerprint density at radius 3 is 2.57 bits per heavy atom. The number of hydrogen-bond donors (Lipinski definition) is 2. The molecule has 9 heteroatoms. The second-order valence-electron chi connectivity index (χ2n) is 4.83. The largest absolute Gasteiger partial charge is 0.465 e. The van der Waals surface area contributed by atoms with Gasteiger partial charge >= 0.3 is 5.97 Å². The van der Waals surface area contributed by atoms with E-state index in [0.29, 0.717) is 12.3 Å². The third-order valence-electron chi connectivity index (χ3n) is 2.62. The van der Waals surface area contributed by atoms with E-state index in [1.807, 2.05) is 13.8 Å². The van der Waals surface area contributed by atoms with E-state index >= 15 is 0 Å². The molecule has 1 rings (SSSR count). The van der Waals surface area contributed by atoms with Crippen LogP contribution in [0.25, 0.3) is 0 Å². The maximum absolute atomic E-state index is 12.1. The van der Waals surface area contributed by atoms with E-state index in [9.17, 15) is 13.2 Å². The summed E-state index contributed by atoms with van der Waals surface area (Å²) in [6.07, 6.45) is 1.65. The number of nitrogens with one attached hydrogen (secondary N) is 1. The summed E-state index contributed by atoms with van der Waals surface area (Å²) < 4.78 is 36.0. The molecule has 0 radical (unpaired) electrons. The van der Waals surface area contributed by atoms with Crippen LogP contribution in [0, 0.1) is 5.92 Å². The van der Waals surface area contributed by atoms with E-state index in [1.165, 1.54) is 7.11 Å². The summed E-state index contributed by atoms with van der Waals surface area (Å²) in [5.41, 5.74) is 5.59. The lowest BCUT2D eigenvalue weighted by molar-refractivity contribution is 0.0600. The van der Waals surface area contributed by atoms with Crippen LogP contribution >= 0.6 is 12.4 Å². The number of sulfonamides is 1. The number of methoxy groups -OCH3 is 1. The van der Waals surface area contributed by atoms with Gasteiger partial charge in [-0.2, -0.15) is 0 Å². The van der Waals surface area contributed by atoms with Gasteiger partial charge in [-0.15, -0.1) is 12.4 Å². The summed E-state index contributed by atoms with van der Waals surface area (Å²) in [4.78, 5) is 11.3. The van der Waals surface area contributed by atoms with Gasteiger partial charge < -0.3 is 14.9 Å². The van der Waals surface area contributed by atoms with Gasteiger partial charge in [0, 0.05) is 18.7 Å². The van der Waals surface area contributed by atoms with Crippen LogP contribution in [0.2, 0.25) is 0 Å². The lowest BCUT2D eigenvalue weighted by Gasteiger charge is -2.17. The third kappa shape index (κ3) is 5.66. The summed E-state index contributed by atoms with van der Waals surface area (Å²) >= 11 is 0. The zero-order valence-corrected chi connectivity index (χ0v) is 13.8. The first kappa shape index (κ1) is 19.9. The number of halogens is 1. The average molecular weight is 341 g/mol. The number of esters is 1. The van der Waals surface area contributed by atoms with Crippen molar-refractivity contribution in [2.75, 3.05) is 13.7 Å². The first-order chi connectivity index (χ1) is 9.30. The zero-order chi connectivity index (χ0) is 15.3. The number of furan rings is 1. The molecule has 0 aliphatic rings. The van der Waals surface area contributed by atoms with E-state index in [2.05, 4.69) is 9.46 Å². The van der Waals surface area contributed by atoms with Gasteiger partial charge in [0.15, 0.2) is 0 Å². The molecule has 1 unspecified atom stereocenters. The second kappa shape index (κ2) is 8.38. The molecule has 0 aliphatic heterocycles. The highest BCUT2D eigenvalue weighted by molar-refractivity contribution is 7.89. The van der Waals surface area contributed by atoms with E-state index < -0.39 is 16.0 Å². The third-order valence-corrected chi connectivity index (χ3v) is 4.01. The van der Waals surface area contributed by atoms with Crippen molar-refractivity contribution in [2.24, 2.45) is 11.7 Å². The van der Waals surface area contributed by atoms with Crippen LogP contribution in [0.3, 0.4) is 0 Å². The van der Waals surface area contributed by atoms with Crippen molar-refractivity contribution in [3.05, 3.63) is 17.9 Å². The first-order valence-electron chi connectivity index (χ1n) is 6.19. The van der Waals surface area contributed by atoms with Crippen LogP contribution in [0.4, 0.5) is 0 Å². The Morgan fingerprint density at radius 1 is 1.48 bits per heavy atom. The average Bonchev–Trinajstić information content (AvgIpc) is 2.86. The van der Waals surface area contributed by atoms with E-state index in [1.54, 1.807) is 0 Å². The van der Waals surface area contributed by atoms with Crippen molar-refractivity contribution in [2.45, 2.75) is 31.4 Å². The van der Waals surface area contributed by atoms with Crippen molar-refractivity contribution in [3.63, 3.8) is 0 Å². The topological polar surface area (TPSA) is 112 Å². The smallest absolute Gasteiger partial charge is 0.341 e. The number of carbonyl (C=O) groups is 1. The Balaban J connectivity index is 0.00000400. The molecule has 0 aromatic carbocycles. The fraction of sp³-hybridized carbons (Fsp3) is 0.583. The van der Waals surface area contributed by atoms with E-state index in [4.69, 9.17) is 10.2 Å². The molecule has 0 bridgehead atoms. The molecule has 7 nitrogen and oxygen atoms in total. The summed E-state index contributed by atoms with van der Waals surface area (Å²) in [6.45, 7) is 4.13. The molecular formula is C12H21ClN2O5S. The van der Waals surface area contributed by atoms with Gasteiger partial charge in [0.25, 0.3) is 10.0 Å². The molecule has 0 saturated heterocycles. The van der Waals surface area contributed by atoms with Crippen molar-refractivity contribution in [3.8, 4) is 0 Å². The highest BCUT2D eigenvalue weighted by atomic mass is 35.5. The van der Waals surface area contributed by atoms with E-state index in [-0.39, 0.29) is 35.6 Å². The van der Waals surface area contributed by atoms with Gasteiger partial charge in [-0.1, -0.05) is 13.8 Å². The molecule has 1 aromatic rings. The molecule has 1 aromatic heterocycles. The van der Waals surface area contributed by atoms with Crippen molar-refractivity contribution >= 4 is 28.4 Å². The molecule has 1 atom stereocenters. The molecule has 0 fully saturated rings. The predicted molar refractivity (Wildman–Crippen MR) is 79.9 cm³/mol. The van der Waals surface area contributed by atoms with Crippen LogP contribution in [-0.4, -0.2) is 34.1 Å². The van der Waals surface area contributed by atoms with Crippen LogP contribution in [-0.2, 0) is 14.8 Å². The molecule has 0 spiro atoms. The lowest BCUT2D eigenvalue weighted by atomic mass is 10.1. The number of hydrogen-bond acceptors (Lipinski definition) is 6. The molecule has 0 aliphatic carbocycles. The molecule has 21 heavy (non-hydrogen) atoms. The highest BCUT2D eigenvalue weighted by Crippen LogP contribution is 2.16. The van der Waals surface area contributed by atoms with Gasteiger partial charge in [-0.05, 0) is 12.3 Å². The highest BCUT2D eigenvalue weighted by Gasteiger charge is 2.24. The molecule has 1 heterocycles. The zero-order valence-electron chi connectivity index (χ0n) is 12.2. The Bertz CT molecular complexity index is 556. The first-order valence-corrected chi connectivity index (χ1v) is 7.67. The van der Waals surface area contributed by atoms with Gasteiger partial charge in [0.05, 0.1) is 12.7 Å². The quantitative estimate of drug-likeness (QED) is 0.720. The Labute approximate surface area is 130 Å². The number of nitrogens with two attached hydrogens (primary N) is 1. The normalized spacial score (nSPS) is 12.8. The van der Waals surface area contributed by atoms with E-state index in [0.717, 1.165) is 12.3 Å². The lowest BCUT2D eigenvalue weighted by Crippen LogP contribution is -2.40. The van der Waals surface area contributed by atoms with Crippen LogP contribution in [0.15, 0.2) is 21.8 Å². The molecular weight excluding hydrogens is 320 g/mol. The maximum Gasteiger partial charge on any atom is 0.341 e. The number of ether oxygens (including phenoxy) is 1. The molecule has 0 saturated carbocycles. The number of rotatable bonds is 7. The summed E-state index contributed by atoms with van der Waals surface area (Å²) in [5.74, 6) is -0.360. The summed E-state index contributed by atoms with van der Waals surface area (Å²) in [7, 11) is -2.64. The van der Waals surface area contributed by atoms with Gasteiger partial charge in [0.2, 0.25) is 5.09 Å². The monoisotopic (exact) mass is 340 g/mol. The molecule has 122 valence electrons. The van der Waals surface area contributed by atoms with Crippen molar-refractivity contribution in [1.29, 1.82) is 0 Å². The minimum absolute atomic E-state index is 0. The van der Waals surface area contributed by atoms with Crippen LogP contribution in [0.1, 0.15) is 30.6 Å². The molecule has 0 amide bonds. The summed E-state index contributed by atoms with van der Waals surface area (Å²) in [6, 6.07) is 0.739. The van der Waals surface area contributed by atoms with Gasteiger partial charge in [-0.3, -0.25) is 0 Å². The molecule has 3 N–H and O–H groups in total. The van der Waals surface area contributed by atoms with Crippen molar-refractivity contribution < 1.29 is 22.4 Å². The van der Waals surface area contributed by atoms with Gasteiger partial charge in [-0.25, -0.2) is 17.9 Å². The summed E-state index contributed by atoms with van der Waals surface area (Å²) in [5, 5.41) is -0.333. The van der Waals surface area contributed by atoms with Gasteiger partial charge in [0.1, 0.15) is 6.26 Å². The minimum atomic E-state index is -3.84. The SMILES string of the molecule is COC(=O)c1coc(S(=O)(=O)NC(CN)CC(C)C)c1.Cl. The predicted octanol–water partition coefficient (Wildman–Crippen LogP) is 1.14. The Kier molecular flexibility index (Phi) is 7.94. The Morgan fingerprint density at radius 2 is 2.10 bits per heavy atom. The fourth-order valence-electron chi connectivity index (χ4n) is 1.72. The standard InChI is InChI=1S/C12H20N2O5S.ClH/c1-8(2)4-10(6-13)14-20(16,17)11-5-9(7-19-11)12(15)18-3;/h5,7-8,10,14H,4,6,13H2,1-3H3;1H. The van der Waals surface area contributed by atoms with Crippen LogP contribution < -0.4 is 10.5 Å². The van der Waals surface area contributed by atoms with Crippen molar-refractivity contribution in [1.82, 2.24) is 4.72 Å².